The van der Waals surface area contributed by atoms with Crippen LogP contribution in [-0.4, -0.2) is 53.9 Å². The minimum Gasteiger partial charge on any atom is -0.490 e. The van der Waals surface area contributed by atoms with Crippen LogP contribution in [0.2, 0.25) is 0 Å². The van der Waals surface area contributed by atoms with Crippen molar-refractivity contribution in [2.24, 2.45) is 0 Å². The van der Waals surface area contributed by atoms with Crippen LogP contribution in [0.3, 0.4) is 0 Å². The lowest BCUT2D eigenvalue weighted by molar-refractivity contribution is -0.113. The first-order valence-corrected chi connectivity index (χ1v) is 9.62. The molecule has 0 saturated carbocycles. The van der Waals surface area contributed by atoms with Gasteiger partial charge in [-0.2, -0.15) is 15.0 Å². The van der Waals surface area contributed by atoms with Crippen molar-refractivity contribution in [3.63, 3.8) is 0 Å². The second kappa shape index (κ2) is 8.76. The molecule has 0 unspecified atom stereocenters. The zero-order valence-corrected chi connectivity index (χ0v) is 16.1. The van der Waals surface area contributed by atoms with Crippen LogP contribution < -0.4 is 25.4 Å². The zero-order valence-electron chi connectivity index (χ0n) is 15.3. The van der Waals surface area contributed by atoms with Crippen molar-refractivity contribution < 1.29 is 14.3 Å². The monoisotopic (exact) mass is 390 g/mol. The smallest absolute Gasteiger partial charge is 0.234 e. The maximum absolute atomic E-state index is 12.2. The molecule has 0 aliphatic carbocycles. The van der Waals surface area contributed by atoms with Crippen LogP contribution in [0.1, 0.15) is 12.2 Å². The number of hydrogen-bond donors (Lipinski definition) is 2. The number of nitrogens with two attached hydrogens (primary N) is 1. The molecule has 1 amide bonds. The summed E-state index contributed by atoms with van der Waals surface area (Å²) >= 11 is 1.40. The van der Waals surface area contributed by atoms with E-state index in [9.17, 15) is 4.79 Å². The first kappa shape index (κ1) is 19.0. The molecule has 1 aromatic heterocycles. The Labute approximate surface area is 161 Å². The predicted octanol–water partition coefficient (Wildman–Crippen LogP) is 1.55. The van der Waals surface area contributed by atoms with Gasteiger partial charge in [-0.3, -0.25) is 4.79 Å². The number of ether oxygens (including phenoxy) is 2. The van der Waals surface area contributed by atoms with Crippen molar-refractivity contribution in [2.75, 3.05) is 49.0 Å². The number of benzene rings is 1. The van der Waals surface area contributed by atoms with E-state index in [1.807, 2.05) is 14.1 Å². The number of rotatable bonds is 6. The molecule has 144 valence electrons. The number of carbonyl (C=O) groups excluding carboxylic acids is 1. The van der Waals surface area contributed by atoms with Crippen molar-refractivity contribution >= 4 is 35.3 Å². The lowest BCUT2D eigenvalue weighted by Crippen LogP contribution is -2.17. The number of aromatic nitrogens is 3. The molecule has 27 heavy (non-hydrogen) atoms. The minimum atomic E-state index is -0.121. The summed E-state index contributed by atoms with van der Waals surface area (Å²) in [6.45, 7) is 1.23. The van der Waals surface area contributed by atoms with Crippen LogP contribution in [0.5, 0.6) is 11.5 Å². The molecule has 9 nitrogen and oxygen atoms in total. The van der Waals surface area contributed by atoms with Crippen LogP contribution >= 0.6 is 11.8 Å². The lowest BCUT2D eigenvalue weighted by atomic mass is 10.2. The van der Waals surface area contributed by atoms with Gasteiger partial charge in [0.05, 0.1) is 24.7 Å². The summed E-state index contributed by atoms with van der Waals surface area (Å²) in [5.41, 5.74) is 6.37. The highest BCUT2D eigenvalue weighted by Crippen LogP contribution is 2.32. The first-order chi connectivity index (χ1) is 13.0. The van der Waals surface area contributed by atoms with Gasteiger partial charge in [0.1, 0.15) is 5.82 Å². The Morgan fingerprint density at radius 3 is 2.78 bits per heavy atom. The normalized spacial score (nSPS) is 13.0. The summed E-state index contributed by atoms with van der Waals surface area (Å²) in [7, 11) is 3.66. The Morgan fingerprint density at radius 2 is 2.00 bits per heavy atom. The highest BCUT2D eigenvalue weighted by molar-refractivity contribution is 7.99. The SMILES string of the molecule is CN(C)c1nc(N)nc(CSCC(=O)Nc2ccc3c(c2)OCCCO3)n1. The average Bonchev–Trinajstić information content (AvgIpc) is 2.86. The van der Waals surface area contributed by atoms with Crippen molar-refractivity contribution in [1.82, 2.24) is 15.0 Å². The van der Waals surface area contributed by atoms with E-state index in [-0.39, 0.29) is 17.6 Å². The molecular weight excluding hydrogens is 368 g/mol. The third kappa shape index (κ3) is 5.36. The molecule has 1 aliphatic heterocycles. The van der Waals surface area contributed by atoms with E-state index >= 15 is 0 Å². The van der Waals surface area contributed by atoms with Gasteiger partial charge in [-0.25, -0.2) is 0 Å². The first-order valence-electron chi connectivity index (χ1n) is 8.46. The fraction of sp³-hybridized carbons (Fsp3) is 0.412. The van der Waals surface area contributed by atoms with E-state index in [4.69, 9.17) is 15.2 Å². The fourth-order valence-electron chi connectivity index (χ4n) is 2.36. The number of hydrogen-bond acceptors (Lipinski definition) is 9. The standard InChI is InChI=1S/C17H22N6O3S/c1-23(2)17-21-14(20-16(18)22-17)9-27-10-15(24)19-11-4-5-12-13(8-11)26-7-3-6-25-12/h4-5,8H,3,6-7,9-10H2,1-2H3,(H,19,24)(H2,18,20,21,22). The molecule has 1 aromatic carbocycles. The maximum Gasteiger partial charge on any atom is 0.234 e. The van der Waals surface area contributed by atoms with Crippen LogP contribution in [0, 0.1) is 0 Å². The number of nitrogen functional groups attached to an aromatic ring is 1. The molecule has 0 saturated heterocycles. The third-order valence-electron chi connectivity index (χ3n) is 3.58. The summed E-state index contributed by atoms with van der Waals surface area (Å²) in [5, 5.41) is 2.86. The number of carbonyl (C=O) groups is 1. The number of thioether (sulfide) groups is 1. The van der Waals surface area contributed by atoms with E-state index in [2.05, 4.69) is 20.3 Å². The molecule has 1 aliphatic rings. The number of nitrogens with zero attached hydrogens (tertiary/aromatic N) is 4. The molecule has 0 atom stereocenters. The minimum absolute atomic E-state index is 0.121. The van der Waals surface area contributed by atoms with Crippen LogP contribution in [-0.2, 0) is 10.5 Å². The second-order valence-electron chi connectivity index (χ2n) is 6.06. The fourth-order valence-corrected chi connectivity index (χ4v) is 3.03. The molecule has 0 bridgehead atoms. The molecule has 0 fully saturated rings. The number of amides is 1. The molecule has 3 rings (SSSR count). The van der Waals surface area contributed by atoms with Crippen molar-refractivity contribution in [3.8, 4) is 11.5 Å². The van der Waals surface area contributed by atoms with Crippen molar-refractivity contribution in [2.45, 2.75) is 12.2 Å². The second-order valence-corrected chi connectivity index (χ2v) is 7.04. The highest BCUT2D eigenvalue weighted by Gasteiger charge is 2.12. The van der Waals surface area contributed by atoms with Gasteiger partial charge in [0.25, 0.3) is 0 Å². The van der Waals surface area contributed by atoms with Gasteiger partial charge in [0, 0.05) is 32.3 Å². The summed E-state index contributed by atoms with van der Waals surface area (Å²) in [6.07, 6.45) is 0.837. The van der Waals surface area contributed by atoms with Gasteiger partial charge in [0.15, 0.2) is 11.5 Å². The van der Waals surface area contributed by atoms with Gasteiger partial charge < -0.3 is 25.4 Å². The molecule has 10 heteroatoms. The topological polar surface area (TPSA) is 115 Å². The molecule has 0 radical (unpaired) electrons. The van der Waals surface area contributed by atoms with Crippen LogP contribution in [0.15, 0.2) is 18.2 Å². The third-order valence-corrected chi connectivity index (χ3v) is 4.51. The zero-order chi connectivity index (χ0) is 19.2. The van der Waals surface area contributed by atoms with E-state index in [1.54, 1.807) is 23.1 Å². The van der Waals surface area contributed by atoms with Gasteiger partial charge in [0.2, 0.25) is 17.8 Å². The highest BCUT2D eigenvalue weighted by atomic mass is 32.2. The number of nitrogens with one attached hydrogen (secondary N) is 1. The van der Waals surface area contributed by atoms with E-state index in [0.717, 1.165) is 6.42 Å². The van der Waals surface area contributed by atoms with Gasteiger partial charge in [-0.1, -0.05) is 0 Å². The molecular formula is C17H22N6O3S. The van der Waals surface area contributed by atoms with Crippen molar-refractivity contribution in [1.29, 1.82) is 0 Å². The van der Waals surface area contributed by atoms with Crippen LogP contribution in [0.25, 0.3) is 0 Å². The molecule has 2 aromatic rings. The molecule has 3 N–H and O–H groups in total. The van der Waals surface area contributed by atoms with E-state index in [1.165, 1.54) is 11.8 Å². The predicted molar refractivity (Wildman–Crippen MR) is 105 cm³/mol. The van der Waals surface area contributed by atoms with Crippen LogP contribution in [0.4, 0.5) is 17.6 Å². The Bertz CT molecular complexity index is 817. The Balaban J connectivity index is 1.52. The summed E-state index contributed by atoms with van der Waals surface area (Å²) in [5.74, 6) is 3.15. The molecule has 0 spiro atoms. The number of anilines is 3. The maximum atomic E-state index is 12.2. The Kier molecular flexibility index (Phi) is 6.17. The van der Waals surface area contributed by atoms with E-state index in [0.29, 0.717) is 47.9 Å². The van der Waals surface area contributed by atoms with Gasteiger partial charge >= 0.3 is 0 Å². The van der Waals surface area contributed by atoms with Gasteiger partial charge in [-0.15, -0.1) is 11.8 Å². The van der Waals surface area contributed by atoms with E-state index < -0.39 is 0 Å². The average molecular weight is 390 g/mol. The quantitative estimate of drug-likeness (QED) is 0.758. The molecule has 2 heterocycles. The summed E-state index contributed by atoms with van der Waals surface area (Å²) in [4.78, 5) is 26.4. The summed E-state index contributed by atoms with van der Waals surface area (Å²) < 4.78 is 11.2. The largest absolute Gasteiger partial charge is 0.490 e. The lowest BCUT2D eigenvalue weighted by Gasteiger charge is -2.11. The number of fused-ring (bicyclic) bond motifs is 1. The van der Waals surface area contributed by atoms with Gasteiger partial charge in [-0.05, 0) is 12.1 Å². The Hall–Kier alpha value is -2.75. The Morgan fingerprint density at radius 1 is 1.22 bits per heavy atom. The van der Waals surface area contributed by atoms with Crippen molar-refractivity contribution in [3.05, 3.63) is 24.0 Å². The summed E-state index contributed by atoms with van der Waals surface area (Å²) in [6, 6.07) is 5.38.